The predicted molar refractivity (Wildman–Crippen MR) is 65.5 cm³/mol. The van der Waals surface area contributed by atoms with Crippen LogP contribution in [0.3, 0.4) is 0 Å². The van der Waals surface area contributed by atoms with Gasteiger partial charge in [0, 0.05) is 41.3 Å². The number of pyridine rings is 2. The first-order valence-corrected chi connectivity index (χ1v) is 5.39. The predicted octanol–water partition coefficient (Wildman–Crippen LogP) is 2.55. The van der Waals surface area contributed by atoms with Crippen molar-refractivity contribution in [3.05, 3.63) is 59.1 Å². The molecule has 0 aliphatic rings. The molecule has 0 saturated carbocycles. The quantitative estimate of drug-likeness (QED) is 0.515. The average Bonchev–Trinajstić information content (AvgIpc) is 2.37. The standard InChI is InChI=1S/C12H10ClN3O/c13-10-3-5-15-11(6-10)7-12(16-17)9-2-1-4-14-8-9/h1-6,8,17H,7H2. The Morgan fingerprint density at radius 3 is 2.88 bits per heavy atom. The minimum absolute atomic E-state index is 0.406. The monoisotopic (exact) mass is 247 g/mol. The zero-order valence-electron chi connectivity index (χ0n) is 8.92. The fourth-order valence-electron chi connectivity index (χ4n) is 1.45. The molecule has 2 heterocycles. The van der Waals surface area contributed by atoms with Crippen molar-refractivity contribution in [1.82, 2.24) is 9.97 Å². The minimum atomic E-state index is 0.406. The first-order valence-electron chi connectivity index (χ1n) is 5.01. The lowest BCUT2D eigenvalue weighted by atomic mass is 10.1. The van der Waals surface area contributed by atoms with Crippen LogP contribution in [0.4, 0.5) is 0 Å². The Kier molecular flexibility index (Phi) is 3.67. The van der Waals surface area contributed by atoms with Gasteiger partial charge in [-0.25, -0.2) is 0 Å². The molecule has 2 aromatic heterocycles. The van der Waals surface area contributed by atoms with Crippen LogP contribution in [0.25, 0.3) is 0 Å². The van der Waals surface area contributed by atoms with Gasteiger partial charge in [-0.3, -0.25) is 9.97 Å². The number of aromatic nitrogens is 2. The summed E-state index contributed by atoms with van der Waals surface area (Å²) in [4.78, 5) is 8.13. The third kappa shape index (κ3) is 3.01. The average molecular weight is 248 g/mol. The number of hydrogen-bond acceptors (Lipinski definition) is 4. The maximum Gasteiger partial charge on any atom is 0.0942 e. The summed E-state index contributed by atoms with van der Waals surface area (Å²) in [5.74, 6) is 0. The summed E-state index contributed by atoms with van der Waals surface area (Å²) < 4.78 is 0. The molecule has 0 spiro atoms. The SMILES string of the molecule is ON=C(Cc1cc(Cl)ccn1)c1cccnc1. The molecule has 4 nitrogen and oxygen atoms in total. The lowest BCUT2D eigenvalue weighted by Crippen LogP contribution is -2.07. The van der Waals surface area contributed by atoms with Crippen LogP contribution in [-0.2, 0) is 6.42 Å². The maximum atomic E-state index is 9.01. The Hall–Kier alpha value is -1.94. The van der Waals surface area contributed by atoms with E-state index in [4.69, 9.17) is 16.8 Å². The van der Waals surface area contributed by atoms with E-state index in [2.05, 4.69) is 15.1 Å². The van der Waals surface area contributed by atoms with Crippen LogP contribution in [-0.4, -0.2) is 20.9 Å². The molecule has 0 aliphatic heterocycles. The van der Waals surface area contributed by atoms with Crippen molar-refractivity contribution in [2.75, 3.05) is 0 Å². The number of oxime groups is 1. The summed E-state index contributed by atoms with van der Waals surface area (Å²) in [6, 6.07) is 7.05. The third-order valence-electron chi connectivity index (χ3n) is 2.24. The third-order valence-corrected chi connectivity index (χ3v) is 2.48. The molecule has 0 fully saturated rings. The smallest absolute Gasteiger partial charge is 0.0942 e. The molecule has 17 heavy (non-hydrogen) atoms. The Morgan fingerprint density at radius 2 is 2.24 bits per heavy atom. The summed E-state index contributed by atoms with van der Waals surface area (Å²) in [6.07, 6.45) is 5.33. The molecule has 0 bridgehead atoms. The highest BCUT2D eigenvalue weighted by atomic mass is 35.5. The normalized spacial score (nSPS) is 11.5. The van der Waals surface area contributed by atoms with Crippen LogP contribution in [0.5, 0.6) is 0 Å². The molecule has 2 rings (SSSR count). The van der Waals surface area contributed by atoms with Gasteiger partial charge in [0.1, 0.15) is 0 Å². The van der Waals surface area contributed by atoms with E-state index in [1.165, 1.54) is 0 Å². The Morgan fingerprint density at radius 1 is 1.35 bits per heavy atom. The van der Waals surface area contributed by atoms with Gasteiger partial charge in [-0.2, -0.15) is 0 Å². The van der Waals surface area contributed by atoms with Crippen molar-refractivity contribution in [1.29, 1.82) is 0 Å². The van der Waals surface area contributed by atoms with E-state index in [9.17, 15) is 0 Å². The number of hydrogen-bond donors (Lipinski definition) is 1. The van der Waals surface area contributed by atoms with Crippen LogP contribution in [0.15, 0.2) is 48.0 Å². The summed E-state index contributed by atoms with van der Waals surface area (Å²) in [6.45, 7) is 0. The molecular weight excluding hydrogens is 238 g/mol. The zero-order valence-corrected chi connectivity index (χ0v) is 9.67. The van der Waals surface area contributed by atoms with E-state index in [-0.39, 0.29) is 0 Å². The van der Waals surface area contributed by atoms with E-state index in [1.807, 2.05) is 6.07 Å². The second-order valence-electron chi connectivity index (χ2n) is 3.43. The van der Waals surface area contributed by atoms with Crippen molar-refractivity contribution in [2.24, 2.45) is 5.16 Å². The van der Waals surface area contributed by atoms with Crippen LogP contribution < -0.4 is 0 Å². The Labute approximate surface area is 104 Å². The molecule has 1 N–H and O–H groups in total. The van der Waals surface area contributed by atoms with Crippen molar-refractivity contribution in [3.8, 4) is 0 Å². The van der Waals surface area contributed by atoms with Gasteiger partial charge in [-0.05, 0) is 24.3 Å². The number of halogens is 1. The molecular formula is C12H10ClN3O. The first-order chi connectivity index (χ1) is 8.29. The fourth-order valence-corrected chi connectivity index (χ4v) is 1.63. The molecule has 5 heteroatoms. The highest BCUT2D eigenvalue weighted by molar-refractivity contribution is 6.30. The lowest BCUT2D eigenvalue weighted by molar-refractivity contribution is 0.318. The Bertz CT molecular complexity index is 528. The summed E-state index contributed by atoms with van der Waals surface area (Å²) in [5, 5.41) is 12.9. The largest absolute Gasteiger partial charge is 0.411 e. The molecule has 0 aliphatic carbocycles. The highest BCUT2D eigenvalue weighted by Gasteiger charge is 2.07. The van der Waals surface area contributed by atoms with Gasteiger partial charge in [0.15, 0.2) is 0 Å². The van der Waals surface area contributed by atoms with Gasteiger partial charge in [0.2, 0.25) is 0 Å². The second kappa shape index (κ2) is 5.41. The number of nitrogens with zero attached hydrogens (tertiary/aromatic N) is 3. The van der Waals surface area contributed by atoms with Crippen LogP contribution in [0, 0.1) is 0 Å². The molecule has 0 aromatic carbocycles. The van der Waals surface area contributed by atoms with Crippen molar-refractivity contribution in [3.63, 3.8) is 0 Å². The van der Waals surface area contributed by atoms with Gasteiger partial charge >= 0.3 is 0 Å². The van der Waals surface area contributed by atoms with Gasteiger partial charge < -0.3 is 5.21 Å². The van der Waals surface area contributed by atoms with E-state index in [1.54, 1.807) is 36.8 Å². The zero-order chi connectivity index (χ0) is 12.1. The highest BCUT2D eigenvalue weighted by Crippen LogP contribution is 2.11. The maximum absolute atomic E-state index is 9.01. The molecule has 0 unspecified atom stereocenters. The summed E-state index contributed by atoms with van der Waals surface area (Å²) in [7, 11) is 0. The van der Waals surface area contributed by atoms with Gasteiger partial charge in [-0.15, -0.1) is 0 Å². The van der Waals surface area contributed by atoms with E-state index in [0.29, 0.717) is 17.2 Å². The molecule has 2 aromatic rings. The topological polar surface area (TPSA) is 58.4 Å². The molecule has 86 valence electrons. The van der Waals surface area contributed by atoms with Crippen molar-refractivity contribution in [2.45, 2.75) is 6.42 Å². The Balaban J connectivity index is 2.23. The molecule has 0 saturated heterocycles. The van der Waals surface area contributed by atoms with E-state index >= 15 is 0 Å². The van der Waals surface area contributed by atoms with Crippen LogP contribution in [0.2, 0.25) is 5.02 Å². The summed E-state index contributed by atoms with van der Waals surface area (Å²) >= 11 is 5.86. The van der Waals surface area contributed by atoms with E-state index in [0.717, 1.165) is 11.3 Å². The van der Waals surface area contributed by atoms with Gasteiger partial charge in [0.25, 0.3) is 0 Å². The van der Waals surface area contributed by atoms with E-state index < -0.39 is 0 Å². The minimum Gasteiger partial charge on any atom is -0.411 e. The van der Waals surface area contributed by atoms with Gasteiger partial charge in [0.05, 0.1) is 5.71 Å². The molecule has 0 radical (unpaired) electrons. The second-order valence-corrected chi connectivity index (χ2v) is 3.87. The fraction of sp³-hybridized carbons (Fsp3) is 0.0833. The summed E-state index contributed by atoms with van der Waals surface area (Å²) in [5.41, 5.74) is 2.01. The van der Waals surface area contributed by atoms with Crippen molar-refractivity contribution < 1.29 is 5.21 Å². The van der Waals surface area contributed by atoms with Crippen LogP contribution in [0.1, 0.15) is 11.3 Å². The number of rotatable bonds is 3. The van der Waals surface area contributed by atoms with Gasteiger partial charge in [-0.1, -0.05) is 16.8 Å². The first kappa shape index (κ1) is 11.5. The van der Waals surface area contributed by atoms with Crippen molar-refractivity contribution >= 4 is 17.3 Å². The van der Waals surface area contributed by atoms with Crippen LogP contribution >= 0.6 is 11.6 Å². The molecule has 0 atom stereocenters. The molecule has 0 amide bonds. The lowest BCUT2D eigenvalue weighted by Gasteiger charge is -2.03.